The first-order valence-electron chi connectivity index (χ1n) is 8.62. The third-order valence-corrected chi connectivity index (χ3v) is 5.55. The molecule has 2 unspecified atom stereocenters. The topological polar surface area (TPSA) is 72.5 Å². The van der Waals surface area contributed by atoms with Crippen molar-refractivity contribution in [2.45, 2.75) is 38.6 Å². The Morgan fingerprint density at radius 3 is 2.96 bits per heavy atom. The van der Waals surface area contributed by atoms with Crippen molar-refractivity contribution in [3.63, 3.8) is 0 Å². The number of carbonyl (C=O) groups excluding carboxylic acids is 1. The van der Waals surface area contributed by atoms with Gasteiger partial charge in [-0.15, -0.1) is 11.3 Å². The van der Waals surface area contributed by atoms with Gasteiger partial charge >= 0.3 is 0 Å². The predicted octanol–water partition coefficient (Wildman–Crippen LogP) is 3.92. The van der Waals surface area contributed by atoms with E-state index in [4.69, 9.17) is 9.47 Å². The summed E-state index contributed by atoms with van der Waals surface area (Å²) in [4.78, 5) is 16.9. The molecule has 1 aliphatic heterocycles. The number of amides is 1. The Morgan fingerprint density at radius 1 is 1.24 bits per heavy atom. The molecule has 0 bridgehead atoms. The van der Waals surface area contributed by atoms with E-state index in [1.165, 1.54) is 30.6 Å². The summed E-state index contributed by atoms with van der Waals surface area (Å²) in [5.41, 5.74) is 1.32. The van der Waals surface area contributed by atoms with E-state index in [2.05, 4.69) is 22.5 Å². The van der Waals surface area contributed by atoms with E-state index in [1.807, 2.05) is 18.2 Å². The Hall–Kier alpha value is -2.28. The number of hydrogen-bond acceptors (Lipinski definition) is 6. The van der Waals surface area contributed by atoms with Crippen molar-refractivity contribution in [3.8, 4) is 11.5 Å². The van der Waals surface area contributed by atoms with E-state index in [9.17, 15) is 4.79 Å². The molecule has 2 aliphatic rings. The molecule has 2 aromatic rings. The summed E-state index contributed by atoms with van der Waals surface area (Å²) >= 11 is 1.41. The zero-order chi connectivity index (χ0) is 17.2. The fraction of sp³-hybridized carbons (Fsp3) is 0.444. The van der Waals surface area contributed by atoms with Crippen LogP contribution >= 0.6 is 11.3 Å². The van der Waals surface area contributed by atoms with Gasteiger partial charge in [0, 0.05) is 23.2 Å². The van der Waals surface area contributed by atoms with E-state index in [-0.39, 0.29) is 18.7 Å². The summed E-state index contributed by atoms with van der Waals surface area (Å²) in [6.45, 7) is 2.46. The van der Waals surface area contributed by atoms with Crippen LogP contribution in [0.1, 0.15) is 43.1 Å². The lowest BCUT2D eigenvalue weighted by molar-refractivity contribution is 0.0906. The van der Waals surface area contributed by atoms with E-state index >= 15 is 0 Å². The molecular formula is C18H21N3O3S. The molecule has 1 saturated carbocycles. The molecule has 1 fully saturated rings. The highest BCUT2D eigenvalue weighted by molar-refractivity contribution is 7.14. The molecule has 1 aromatic carbocycles. The second-order valence-electron chi connectivity index (χ2n) is 6.57. The Bertz CT molecular complexity index is 777. The van der Waals surface area contributed by atoms with Gasteiger partial charge in [-0.2, -0.15) is 0 Å². The lowest BCUT2D eigenvalue weighted by Crippen LogP contribution is -2.41. The number of carbonyl (C=O) groups is 1. The molecular weight excluding hydrogens is 338 g/mol. The number of nitrogens with zero attached hydrogens (tertiary/aromatic N) is 1. The monoisotopic (exact) mass is 359 g/mol. The maximum Gasteiger partial charge on any atom is 0.271 e. The predicted molar refractivity (Wildman–Crippen MR) is 96.8 cm³/mol. The Balaban J connectivity index is 1.40. The number of anilines is 2. The minimum absolute atomic E-state index is 0.0891. The summed E-state index contributed by atoms with van der Waals surface area (Å²) in [5.74, 6) is 1.90. The third-order valence-electron chi connectivity index (χ3n) is 4.79. The van der Waals surface area contributed by atoms with Crippen LogP contribution in [-0.2, 0) is 0 Å². The Morgan fingerprint density at radius 2 is 2.08 bits per heavy atom. The first-order chi connectivity index (χ1) is 12.2. The first-order valence-corrected chi connectivity index (χ1v) is 9.50. The minimum Gasteiger partial charge on any atom is -0.454 e. The van der Waals surface area contributed by atoms with Gasteiger partial charge in [-0.05, 0) is 30.9 Å². The summed E-state index contributed by atoms with van der Waals surface area (Å²) in [6.07, 6.45) is 4.68. The van der Waals surface area contributed by atoms with Crippen molar-refractivity contribution >= 4 is 28.1 Å². The van der Waals surface area contributed by atoms with Crippen molar-refractivity contribution in [1.29, 1.82) is 0 Å². The van der Waals surface area contributed by atoms with Gasteiger partial charge in [0.25, 0.3) is 5.91 Å². The zero-order valence-electron chi connectivity index (χ0n) is 14.1. The number of nitrogens with one attached hydrogen (secondary N) is 2. The highest BCUT2D eigenvalue weighted by Crippen LogP contribution is 2.35. The highest BCUT2D eigenvalue weighted by atomic mass is 32.1. The molecule has 4 rings (SSSR count). The number of thiazole rings is 1. The molecule has 132 valence electrons. The van der Waals surface area contributed by atoms with E-state index in [0.717, 1.165) is 17.9 Å². The van der Waals surface area contributed by atoms with Gasteiger partial charge in [0.05, 0.1) is 0 Å². The zero-order valence-corrected chi connectivity index (χ0v) is 14.9. The summed E-state index contributed by atoms with van der Waals surface area (Å²) in [6, 6.07) is 5.88. The molecule has 7 heteroatoms. The van der Waals surface area contributed by atoms with Crippen LogP contribution in [0.15, 0.2) is 23.6 Å². The highest BCUT2D eigenvalue weighted by Gasteiger charge is 2.24. The number of rotatable bonds is 4. The van der Waals surface area contributed by atoms with Crippen molar-refractivity contribution in [3.05, 3.63) is 29.3 Å². The third kappa shape index (κ3) is 3.56. The maximum absolute atomic E-state index is 12.4. The Labute approximate surface area is 150 Å². The standard InChI is InChI=1S/C18H21N3O3S/c1-11-4-2-3-5-13(11)20-17(22)14-9-25-18(21-14)19-12-6-7-15-16(8-12)24-10-23-15/h6-9,11,13H,2-5,10H2,1H3,(H,19,21)(H,20,22). The second-order valence-corrected chi connectivity index (χ2v) is 7.43. The van der Waals surface area contributed by atoms with Gasteiger partial charge in [-0.3, -0.25) is 4.79 Å². The first kappa shape index (κ1) is 16.2. The van der Waals surface area contributed by atoms with E-state index in [0.29, 0.717) is 22.5 Å². The normalized spacial score (nSPS) is 21.8. The van der Waals surface area contributed by atoms with Crippen LogP contribution in [0.5, 0.6) is 11.5 Å². The van der Waals surface area contributed by atoms with Crippen LogP contribution in [-0.4, -0.2) is 23.7 Å². The van der Waals surface area contributed by atoms with Gasteiger partial charge in [-0.1, -0.05) is 19.8 Å². The Kier molecular flexibility index (Phi) is 4.48. The van der Waals surface area contributed by atoms with Gasteiger partial charge < -0.3 is 20.1 Å². The quantitative estimate of drug-likeness (QED) is 0.865. The van der Waals surface area contributed by atoms with Gasteiger partial charge in [0.1, 0.15) is 5.69 Å². The van der Waals surface area contributed by atoms with Crippen molar-refractivity contribution < 1.29 is 14.3 Å². The number of fused-ring (bicyclic) bond motifs is 1. The molecule has 1 aliphatic carbocycles. The molecule has 6 nitrogen and oxygen atoms in total. The average Bonchev–Trinajstić information content (AvgIpc) is 3.26. The number of aromatic nitrogens is 1. The number of ether oxygens (including phenoxy) is 2. The van der Waals surface area contributed by atoms with E-state index in [1.54, 1.807) is 5.38 Å². The largest absolute Gasteiger partial charge is 0.454 e. The summed E-state index contributed by atoms with van der Waals surface area (Å²) in [7, 11) is 0. The van der Waals surface area contributed by atoms with Crippen LogP contribution in [0.3, 0.4) is 0 Å². The fourth-order valence-corrected chi connectivity index (χ4v) is 4.02. The number of benzene rings is 1. The van der Waals surface area contributed by atoms with Crippen LogP contribution in [0.2, 0.25) is 0 Å². The van der Waals surface area contributed by atoms with E-state index < -0.39 is 0 Å². The molecule has 0 radical (unpaired) electrons. The average molecular weight is 359 g/mol. The number of hydrogen-bond donors (Lipinski definition) is 2. The lowest BCUT2D eigenvalue weighted by Gasteiger charge is -2.29. The van der Waals surface area contributed by atoms with Crippen LogP contribution in [0.25, 0.3) is 0 Å². The lowest BCUT2D eigenvalue weighted by atomic mass is 9.86. The fourth-order valence-electron chi connectivity index (χ4n) is 3.31. The molecule has 1 aromatic heterocycles. The molecule has 0 spiro atoms. The van der Waals surface area contributed by atoms with Gasteiger partial charge in [0.15, 0.2) is 16.6 Å². The minimum atomic E-state index is -0.0891. The van der Waals surface area contributed by atoms with Crippen LogP contribution < -0.4 is 20.1 Å². The molecule has 2 heterocycles. The smallest absolute Gasteiger partial charge is 0.271 e. The van der Waals surface area contributed by atoms with Crippen LogP contribution in [0.4, 0.5) is 10.8 Å². The summed E-state index contributed by atoms with van der Waals surface area (Å²) < 4.78 is 10.7. The van der Waals surface area contributed by atoms with Gasteiger partial charge in [0.2, 0.25) is 6.79 Å². The second kappa shape index (κ2) is 6.92. The van der Waals surface area contributed by atoms with Crippen molar-refractivity contribution in [2.24, 2.45) is 5.92 Å². The van der Waals surface area contributed by atoms with Crippen molar-refractivity contribution in [2.75, 3.05) is 12.1 Å². The van der Waals surface area contributed by atoms with Gasteiger partial charge in [-0.25, -0.2) is 4.98 Å². The molecule has 25 heavy (non-hydrogen) atoms. The SMILES string of the molecule is CC1CCCCC1NC(=O)c1csc(Nc2ccc3c(c2)OCO3)n1. The van der Waals surface area contributed by atoms with Crippen LogP contribution in [0, 0.1) is 5.92 Å². The molecule has 2 N–H and O–H groups in total. The molecule has 1 amide bonds. The molecule has 2 atom stereocenters. The maximum atomic E-state index is 12.4. The summed E-state index contributed by atoms with van der Waals surface area (Å²) in [5, 5.41) is 8.82. The van der Waals surface area contributed by atoms with Crippen molar-refractivity contribution in [1.82, 2.24) is 10.3 Å². The molecule has 0 saturated heterocycles.